The quantitative estimate of drug-likeness (QED) is 0.855. The second-order valence-corrected chi connectivity index (χ2v) is 6.00. The number of aromatic nitrogens is 2. The summed E-state index contributed by atoms with van der Waals surface area (Å²) in [7, 11) is 1.85. The van der Waals surface area contributed by atoms with Gasteiger partial charge in [0.1, 0.15) is 5.82 Å². The van der Waals surface area contributed by atoms with Crippen LogP contribution in [0.1, 0.15) is 20.3 Å². The molecule has 1 aliphatic heterocycles. The van der Waals surface area contributed by atoms with E-state index in [1.165, 1.54) is 17.1 Å². The fourth-order valence-corrected chi connectivity index (χ4v) is 2.47. The Kier molecular flexibility index (Phi) is 3.41. The number of nitrogens with zero attached hydrogens (tertiary/aromatic N) is 4. The zero-order valence-corrected chi connectivity index (χ0v) is 12.7. The fraction of sp³-hybridized carbons (Fsp3) is 0.312. The van der Waals surface area contributed by atoms with Gasteiger partial charge < -0.3 is 0 Å². The number of amides is 1. The monoisotopic (exact) mass is 300 g/mol. The fourth-order valence-electron chi connectivity index (χ4n) is 2.47. The van der Waals surface area contributed by atoms with Gasteiger partial charge in [-0.2, -0.15) is 0 Å². The molecule has 1 amide bonds. The van der Waals surface area contributed by atoms with Crippen molar-refractivity contribution in [1.82, 2.24) is 15.0 Å². The Morgan fingerprint density at radius 1 is 1.09 bits per heavy atom. The summed E-state index contributed by atoms with van der Waals surface area (Å²) >= 11 is 0. The van der Waals surface area contributed by atoms with Crippen molar-refractivity contribution in [3.63, 3.8) is 0 Å². The van der Waals surface area contributed by atoms with Crippen molar-refractivity contribution >= 4 is 11.9 Å². The van der Waals surface area contributed by atoms with Crippen molar-refractivity contribution in [2.24, 2.45) is 0 Å². The van der Waals surface area contributed by atoms with Gasteiger partial charge in [-0.15, -0.1) is 0 Å². The van der Waals surface area contributed by atoms with Gasteiger partial charge >= 0.3 is 0 Å². The van der Waals surface area contributed by atoms with Crippen LogP contribution in [0, 0.1) is 5.82 Å². The van der Waals surface area contributed by atoms with Crippen molar-refractivity contribution in [2.75, 3.05) is 12.1 Å². The number of anilines is 1. The molecule has 0 atom stereocenters. The summed E-state index contributed by atoms with van der Waals surface area (Å²) in [6.07, 6.45) is 3.70. The molecule has 1 aromatic carbocycles. The number of hydrogen-bond acceptors (Lipinski definition) is 4. The van der Waals surface area contributed by atoms with Gasteiger partial charge in [0.15, 0.2) is 0 Å². The molecule has 1 aromatic heterocycles. The maximum atomic E-state index is 12.9. The average Bonchev–Trinajstić information content (AvgIpc) is 2.68. The zero-order valence-electron chi connectivity index (χ0n) is 12.7. The summed E-state index contributed by atoms with van der Waals surface area (Å²) in [6, 6.07) is 6.13. The van der Waals surface area contributed by atoms with E-state index in [9.17, 15) is 9.18 Å². The van der Waals surface area contributed by atoms with E-state index in [0.717, 1.165) is 11.1 Å². The van der Waals surface area contributed by atoms with Crippen LogP contribution in [0.4, 0.5) is 10.3 Å². The lowest BCUT2D eigenvalue weighted by molar-refractivity contribution is -0.118. The Bertz CT molecular complexity index is 697. The first-order valence-corrected chi connectivity index (χ1v) is 7.03. The highest BCUT2D eigenvalue weighted by atomic mass is 19.1. The van der Waals surface area contributed by atoms with Crippen molar-refractivity contribution in [3.05, 3.63) is 42.5 Å². The van der Waals surface area contributed by atoms with E-state index in [4.69, 9.17) is 0 Å². The molecular weight excluding hydrogens is 283 g/mol. The van der Waals surface area contributed by atoms with Gasteiger partial charge in [0, 0.05) is 37.0 Å². The van der Waals surface area contributed by atoms with Crippen LogP contribution in [0.3, 0.4) is 0 Å². The second kappa shape index (κ2) is 5.14. The van der Waals surface area contributed by atoms with Crippen LogP contribution in [-0.2, 0) is 4.79 Å². The summed E-state index contributed by atoms with van der Waals surface area (Å²) < 4.78 is 12.9. The third-order valence-corrected chi connectivity index (χ3v) is 4.00. The molecule has 1 fully saturated rings. The molecule has 0 spiro atoms. The number of halogens is 1. The van der Waals surface area contributed by atoms with Gasteiger partial charge in [-0.25, -0.2) is 24.4 Å². The maximum Gasteiger partial charge on any atom is 0.247 e. The van der Waals surface area contributed by atoms with E-state index in [1.54, 1.807) is 24.5 Å². The SMILES string of the molecule is CN1N(c2ncc(-c3ccc(F)cc3)cn2)C(=O)CC1(C)C. The van der Waals surface area contributed by atoms with Crippen molar-refractivity contribution in [2.45, 2.75) is 25.8 Å². The number of rotatable bonds is 2. The van der Waals surface area contributed by atoms with E-state index in [0.29, 0.717) is 12.4 Å². The lowest BCUT2D eigenvalue weighted by Crippen LogP contribution is -2.45. The largest absolute Gasteiger partial charge is 0.273 e. The lowest BCUT2D eigenvalue weighted by atomic mass is 10.0. The molecular formula is C16H17FN4O. The topological polar surface area (TPSA) is 49.3 Å². The van der Waals surface area contributed by atoms with Crippen LogP contribution in [0.25, 0.3) is 11.1 Å². The number of carbonyl (C=O) groups is 1. The number of carbonyl (C=O) groups excluding carboxylic acids is 1. The lowest BCUT2D eigenvalue weighted by Gasteiger charge is -2.31. The Labute approximate surface area is 128 Å². The number of benzene rings is 1. The molecule has 22 heavy (non-hydrogen) atoms. The van der Waals surface area contributed by atoms with Crippen LogP contribution in [0.2, 0.25) is 0 Å². The van der Waals surface area contributed by atoms with Crippen LogP contribution in [0.5, 0.6) is 0 Å². The molecule has 0 radical (unpaired) electrons. The smallest absolute Gasteiger partial charge is 0.247 e. The average molecular weight is 300 g/mol. The number of hydrazine groups is 1. The normalized spacial score (nSPS) is 18.0. The predicted molar refractivity (Wildman–Crippen MR) is 81.4 cm³/mol. The first kappa shape index (κ1) is 14.6. The first-order valence-electron chi connectivity index (χ1n) is 7.03. The van der Waals surface area contributed by atoms with E-state index >= 15 is 0 Å². The summed E-state index contributed by atoms with van der Waals surface area (Å²) in [4.78, 5) is 20.7. The van der Waals surface area contributed by atoms with E-state index in [2.05, 4.69) is 9.97 Å². The summed E-state index contributed by atoms with van der Waals surface area (Å²) in [5.41, 5.74) is 1.35. The minimum Gasteiger partial charge on any atom is -0.273 e. The van der Waals surface area contributed by atoms with Crippen LogP contribution >= 0.6 is 0 Å². The highest BCUT2D eigenvalue weighted by molar-refractivity contribution is 5.93. The summed E-state index contributed by atoms with van der Waals surface area (Å²) in [5, 5.41) is 3.34. The molecule has 1 saturated heterocycles. The van der Waals surface area contributed by atoms with Crippen molar-refractivity contribution in [3.8, 4) is 11.1 Å². The molecule has 0 aliphatic carbocycles. The highest BCUT2D eigenvalue weighted by Gasteiger charge is 2.43. The Hall–Kier alpha value is -2.34. The third kappa shape index (κ3) is 2.46. The number of hydrogen-bond donors (Lipinski definition) is 0. The molecule has 1 aliphatic rings. The molecule has 0 unspecified atom stereocenters. The van der Waals surface area contributed by atoms with Crippen molar-refractivity contribution < 1.29 is 9.18 Å². The van der Waals surface area contributed by atoms with Crippen LogP contribution in [-0.4, -0.2) is 33.5 Å². The minimum atomic E-state index is -0.284. The van der Waals surface area contributed by atoms with Gasteiger partial charge in [0.2, 0.25) is 11.9 Å². The Morgan fingerprint density at radius 2 is 1.68 bits per heavy atom. The van der Waals surface area contributed by atoms with Gasteiger partial charge in [-0.3, -0.25) is 4.79 Å². The van der Waals surface area contributed by atoms with Crippen molar-refractivity contribution in [1.29, 1.82) is 0 Å². The summed E-state index contributed by atoms with van der Waals surface area (Å²) in [5.74, 6) is 0.0405. The minimum absolute atomic E-state index is 0.0259. The molecule has 3 rings (SSSR count). The molecule has 2 aromatic rings. The molecule has 0 N–H and O–H groups in total. The Morgan fingerprint density at radius 3 is 2.18 bits per heavy atom. The highest BCUT2D eigenvalue weighted by Crippen LogP contribution is 2.31. The Balaban J connectivity index is 1.89. The van der Waals surface area contributed by atoms with Gasteiger partial charge in [0.05, 0.1) is 0 Å². The van der Waals surface area contributed by atoms with Gasteiger partial charge in [-0.1, -0.05) is 12.1 Å². The van der Waals surface area contributed by atoms with E-state index in [-0.39, 0.29) is 17.3 Å². The molecule has 6 heteroatoms. The van der Waals surface area contributed by atoms with E-state index < -0.39 is 0 Å². The zero-order chi connectivity index (χ0) is 15.9. The summed E-state index contributed by atoms with van der Waals surface area (Å²) in [6.45, 7) is 4.00. The van der Waals surface area contributed by atoms with Gasteiger partial charge in [-0.05, 0) is 31.5 Å². The van der Waals surface area contributed by atoms with Gasteiger partial charge in [0.25, 0.3) is 0 Å². The third-order valence-electron chi connectivity index (χ3n) is 4.00. The standard InChI is InChI=1S/C16H17FN4O/c1-16(2)8-14(22)21(20(16)3)15-18-9-12(10-19-15)11-4-6-13(17)7-5-11/h4-7,9-10H,8H2,1-3H3. The molecule has 5 nitrogen and oxygen atoms in total. The molecule has 2 heterocycles. The van der Waals surface area contributed by atoms with E-state index in [1.807, 2.05) is 25.9 Å². The first-order chi connectivity index (χ1) is 10.4. The maximum absolute atomic E-state index is 12.9. The molecule has 114 valence electrons. The van der Waals surface area contributed by atoms with Crippen LogP contribution < -0.4 is 5.01 Å². The predicted octanol–water partition coefficient (Wildman–Crippen LogP) is 2.64. The second-order valence-electron chi connectivity index (χ2n) is 6.00. The molecule has 0 bridgehead atoms. The van der Waals surface area contributed by atoms with Crippen LogP contribution in [0.15, 0.2) is 36.7 Å². The molecule has 0 saturated carbocycles.